The second kappa shape index (κ2) is 7.90. The number of piperidine rings is 1. The monoisotopic (exact) mass is 465 g/mol. The van der Waals surface area contributed by atoms with Crippen LogP contribution in [0.4, 0.5) is 15.5 Å². The van der Waals surface area contributed by atoms with Crippen LogP contribution in [0.15, 0.2) is 36.9 Å². The van der Waals surface area contributed by atoms with Gasteiger partial charge in [-0.1, -0.05) is 18.2 Å². The molecule has 2 fully saturated rings. The van der Waals surface area contributed by atoms with Crippen LogP contribution in [-0.2, 0) is 6.54 Å². The maximum atomic E-state index is 13.4. The lowest BCUT2D eigenvalue weighted by molar-refractivity contribution is 0.293. The van der Waals surface area contributed by atoms with Gasteiger partial charge in [0.25, 0.3) is 0 Å². The van der Waals surface area contributed by atoms with Crippen molar-refractivity contribution in [2.45, 2.75) is 51.1 Å². The van der Waals surface area contributed by atoms with E-state index in [1.54, 1.807) is 0 Å². The average molecular weight is 466 g/mol. The second-order valence-electron chi connectivity index (χ2n) is 9.63. The Kier molecular flexibility index (Phi) is 4.97. The minimum atomic E-state index is -0.210. The lowest BCUT2D eigenvalue weighted by Crippen LogP contribution is -2.54. The fourth-order valence-corrected chi connectivity index (χ4v) is 6.68. The van der Waals surface area contributed by atoms with Crippen molar-refractivity contribution in [2.75, 3.05) is 23.3 Å². The Morgan fingerprint density at radius 1 is 1.24 bits per heavy atom. The van der Waals surface area contributed by atoms with Crippen LogP contribution in [0.3, 0.4) is 0 Å². The fraction of sp³-hybridized carbons (Fsp3) is 0.500. The summed E-state index contributed by atoms with van der Waals surface area (Å²) in [5, 5.41) is 9.55. The van der Waals surface area contributed by atoms with Gasteiger partial charge in [-0.25, -0.2) is 14.1 Å². The molecule has 0 spiro atoms. The van der Waals surface area contributed by atoms with Crippen molar-refractivity contribution >= 4 is 22.6 Å². The van der Waals surface area contributed by atoms with E-state index in [9.17, 15) is 4.39 Å². The van der Waals surface area contributed by atoms with Crippen molar-refractivity contribution in [3.63, 3.8) is 0 Å². The summed E-state index contributed by atoms with van der Waals surface area (Å²) >= 11 is 1.48. The first-order valence-corrected chi connectivity index (χ1v) is 12.5. The molecule has 1 N–H and O–H groups in total. The van der Waals surface area contributed by atoms with Gasteiger partial charge in [-0.2, -0.15) is 9.36 Å². The zero-order chi connectivity index (χ0) is 22.6. The molecule has 172 valence electrons. The van der Waals surface area contributed by atoms with Crippen LogP contribution in [0.1, 0.15) is 48.8 Å². The normalized spacial score (nSPS) is 28.5. The van der Waals surface area contributed by atoms with Crippen molar-refractivity contribution in [1.29, 1.82) is 0 Å². The number of fused-ring (bicyclic) bond motifs is 3. The number of anilines is 2. The topological polar surface area (TPSA) is 71.8 Å². The van der Waals surface area contributed by atoms with Gasteiger partial charge in [-0.3, -0.25) is 0 Å². The number of rotatable bonds is 5. The van der Waals surface area contributed by atoms with Crippen molar-refractivity contribution < 1.29 is 4.39 Å². The first-order chi connectivity index (χ1) is 16.0. The van der Waals surface area contributed by atoms with Crippen molar-refractivity contribution in [3.8, 4) is 0 Å². The lowest BCUT2D eigenvalue weighted by Gasteiger charge is -2.44. The number of nitrogens with one attached hydrogen (secondary N) is 1. The molecule has 4 atom stereocenters. The SMILES string of the molecule is C=CC12CC[C@H](CN(c3nc(C)ns3)C1)C2Nc1nc2n(n1)CCCC2c1ccc(F)cc1. The Labute approximate surface area is 196 Å². The Morgan fingerprint density at radius 3 is 2.85 bits per heavy atom. The summed E-state index contributed by atoms with van der Waals surface area (Å²) in [5.74, 6) is 2.90. The summed E-state index contributed by atoms with van der Waals surface area (Å²) in [4.78, 5) is 11.9. The summed E-state index contributed by atoms with van der Waals surface area (Å²) in [6.45, 7) is 8.87. The maximum Gasteiger partial charge on any atom is 0.242 e. The summed E-state index contributed by atoms with van der Waals surface area (Å²) in [6, 6.07) is 7.05. The highest BCUT2D eigenvalue weighted by atomic mass is 32.1. The Balaban J connectivity index is 1.26. The van der Waals surface area contributed by atoms with Crippen LogP contribution >= 0.6 is 11.5 Å². The van der Waals surface area contributed by atoms with Gasteiger partial charge in [0.2, 0.25) is 11.1 Å². The zero-order valence-electron chi connectivity index (χ0n) is 18.7. The van der Waals surface area contributed by atoms with Crippen molar-refractivity contribution in [1.82, 2.24) is 24.1 Å². The van der Waals surface area contributed by atoms with E-state index in [0.717, 1.165) is 67.7 Å². The standard InChI is InChI=1S/C24H28FN7S/c1-3-24-11-10-17(13-31(14-24)23-26-15(2)30-33-23)20(24)27-22-28-21-19(5-4-12-32(21)29-22)16-6-8-18(25)9-7-16/h3,6-9,17,19-20H,1,4-5,10-14H2,2H3,(H,27,29)/t17-,19?,20?,24?/m1/s1. The van der Waals surface area contributed by atoms with E-state index in [1.165, 1.54) is 23.7 Å². The highest BCUT2D eigenvalue weighted by Crippen LogP contribution is 2.49. The molecule has 2 aliphatic heterocycles. The molecule has 2 aromatic heterocycles. The minimum absolute atomic E-state index is 0.0509. The quantitative estimate of drug-likeness (QED) is 0.564. The molecule has 3 unspecified atom stereocenters. The lowest BCUT2D eigenvalue weighted by atomic mass is 9.77. The predicted octanol–water partition coefficient (Wildman–Crippen LogP) is 4.39. The Hall–Kier alpha value is -2.81. The Morgan fingerprint density at radius 2 is 2.09 bits per heavy atom. The molecule has 0 radical (unpaired) electrons. The zero-order valence-corrected chi connectivity index (χ0v) is 19.6. The molecule has 4 heterocycles. The molecule has 1 saturated heterocycles. The van der Waals surface area contributed by atoms with Gasteiger partial charge in [-0.05, 0) is 56.2 Å². The summed E-state index contributed by atoms with van der Waals surface area (Å²) in [5.41, 5.74) is 1.05. The first kappa shape index (κ1) is 20.8. The largest absolute Gasteiger partial charge is 0.349 e. The number of nitrogens with zero attached hydrogens (tertiary/aromatic N) is 6. The third kappa shape index (κ3) is 3.53. The molecular formula is C24H28FN7S. The molecule has 3 aliphatic rings. The molecule has 1 saturated carbocycles. The molecule has 9 heteroatoms. The summed E-state index contributed by atoms with van der Waals surface area (Å²) < 4.78 is 19.8. The molecule has 1 aliphatic carbocycles. The van der Waals surface area contributed by atoms with Gasteiger partial charge in [-0.15, -0.1) is 11.7 Å². The number of hydrogen-bond acceptors (Lipinski definition) is 7. The molecule has 7 nitrogen and oxygen atoms in total. The molecule has 3 aromatic rings. The van der Waals surface area contributed by atoms with Crippen LogP contribution in [-0.4, -0.2) is 43.3 Å². The third-order valence-corrected chi connectivity index (χ3v) is 8.51. The summed E-state index contributed by atoms with van der Waals surface area (Å²) in [6.07, 6.45) is 6.41. The van der Waals surface area contributed by atoms with E-state index in [2.05, 4.69) is 32.2 Å². The van der Waals surface area contributed by atoms with E-state index < -0.39 is 0 Å². The first-order valence-electron chi connectivity index (χ1n) is 11.7. The van der Waals surface area contributed by atoms with Crippen molar-refractivity contribution in [2.24, 2.45) is 11.3 Å². The van der Waals surface area contributed by atoms with E-state index in [-0.39, 0.29) is 23.2 Å². The minimum Gasteiger partial charge on any atom is -0.349 e. The van der Waals surface area contributed by atoms with Crippen LogP contribution in [0.2, 0.25) is 0 Å². The van der Waals surface area contributed by atoms with Crippen LogP contribution in [0.25, 0.3) is 0 Å². The molecular weight excluding hydrogens is 437 g/mol. The van der Waals surface area contributed by atoms with Crippen LogP contribution in [0.5, 0.6) is 0 Å². The molecule has 0 amide bonds. The van der Waals surface area contributed by atoms with E-state index in [4.69, 9.17) is 10.1 Å². The highest BCUT2D eigenvalue weighted by molar-refractivity contribution is 7.09. The van der Waals surface area contributed by atoms with Gasteiger partial charge in [0.05, 0.1) is 0 Å². The van der Waals surface area contributed by atoms with Gasteiger partial charge >= 0.3 is 0 Å². The third-order valence-electron chi connectivity index (χ3n) is 7.64. The fourth-order valence-electron chi connectivity index (χ4n) is 6.00. The van der Waals surface area contributed by atoms with Gasteiger partial charge in [0, 0.05) is 48.5 Å². The average Bonchev–Trinajstić information content (AvgIpc) is 3.49. The number of aromatic nitrogens is 5. The highest BCUT2D eigenvalue weighted by Gasteiger charge is 2.52. The Bertz CT molecular complexity index is 1170. The molecule has 6 rings (SSSR count). The number of hydrogen-bond donors (Lipinski definition) is 1. The smallest absolute Gasteiger partial charge is 0.242 e. The van der Waals surface area contributed by atoms with Gasteiger partial charge in [0.1, 0.15) is 17.5 Å². The van der Waals surface area contributed by atoms with E-state index in [1.807, 2.05) is 23.7 Å². The van der Waals surface area contributed by atoms with Gasteiger partial charge in [0.15, 0.2) is 0 Å². The van der Waals surface area contributed by atoms with E-state index >= 15 is 0 Å². The second-order valence-corrected chi connectivity index (χ2v) is 10.4. The molecule has 1 aromatic carbocycles. The predicted molar refractivity (Wildman–Crippen MR) is 127 cm³/mol. The van der Waals surface area contributed by atoms with E-state index in [0.29, 0.717) is 11.9 Å². The van der Waals surface area contributed by atoms with Crippen LogP contribution < -0.4 is 10.2 Å². The van der Waals surface area contributed by atoms with Crippen molar-refractivity contribution in [3.05, 3.63) is 59.9 Å². The van der Waals surface area contributed by atoms with Gasteiger partial charge < -0.3 is 10.2 Å². The summed E-state index contributed by atoms with van der Waals surface area (Å²) in [7, 11) is 0. The molecule has 33 heavy (non-hydrogen) atoms. The maximum absolute atomic E-state index is 13.4. The number of aryl methyl sites for hydroxylation is 2. The molecule has 2 bridgehead atoms. The number of benzene rings is 1. The number of halogens is 1. The van der Waals surface area contributed by atoms with Crippen LogP contribution in [0, 0.1) is 24.1 Å².